The van der Waals surface area contributed by atoms with Crippen LogP contribution in [0.4, 0.5) is 4.79 Å². The van der Waals surface area contributed by atoms with E-state index >= 15 is 0 Å². The number of carbonyl (C=O) groups excluding carboxylic acids is 1. The van der Waals surface area contributed by atoms with Crippen LogP contribution in [-0.4, -0.2) is 56.1 Å². The molecular weight excluding hydrogens is 304 g/mol. The fraction of sp³-hybridized carbons (Fsp3) is 0.875. The lowest BCUT2D eigenvalue weighted by Gasteiger charge is -2.33. The van der Waals surface area contributed by atoms with E-state index in [1.165, 1.54) is 0 Å². The summed E-state index contributed by atoms with van der Waals surface area (Å²) in [7, 11) is -3.60. The molecule has 0 aliphatic carbocycles. The molecule has 9 nitrogen and oxygen atoms in total. The maximum Gasteiger partial charge on any atom is 0.509 e. The van der Waals surface area contributed by atoms with Crippen molar-refractivity contribution < 1.29 is 39.4 Å². The summed E-state index contributed by atoms with van der Waals surface area (Å²) in [6, 6.07) is 0. The first kappa shape index (κ1) is 13.2. The zero-order chi connectivity index (χ0) is 13.7. The molecule has 0 radical (unpaired) electrons. The molecule has 3 aliphatic rings. The molecule has 3 saturated heterocycles. The first-order chi connectivity index (χ1) is 8.90. The fourth-order valence-corrected chi connectivity index (χ4v) is 4.24. The van der Waals surface area contributed by atoms with E-state index in [0.29, 0.717) is 0 Å². The molecule has 0 N–H and O–H groups in total. The van der Waals surface area contributed by atoms with Crippen molar-refractivity contribution in [2.75, 3.05) is 25.6 Å². The van der Waals surface area contributed by atoms with Gasteiger partial charge in [-0.1, -0.05) is 0 Å². The number of cyclic esters (lactones) is 1. The van der Waals surface area contributed by atoms with E-state index in [2.05, 4.69) is 4.18 Å². The highest BCUT2D eigenvalue weighted by Gasteiger charge is 2.59. The van der Waals surface area contributed by atoms with Gasteiger partial charge in [-0.2, -0.15) is 12.6 Å². The molecule has 3 rings (SSSR count). The molecular formula is C8H10O9S2. The molecule has 0 aromatic rings. The molecule has 3 aliphatic heterocycles. The van der Waals surface area contributed by atoms with Crippen LogP contribution in [0.2, 0.25) is 0 Å². The van der Waals surface area contributed by atoms with Crippen LogP contribution >= 0.6 is 0 Å². The van der Waals surface area contributed by atoms with Gasteiger partial charge in [-0.15, -0.1) is 0 Å². The van der Waals surface area contributed by atoms with Gasteiger partial charge in [-0.05, 0) is 0 Å². The highest BCUT2D eigenvalue weighted by Crippen LogP contribution is 2.38. The van der Waals surface area contributed by atoms with Crippen LogP contribution in [0.3, 0.4) is 0 Å². The van der Waals surface area contributed by atoms with E-state index in [1.807, 2.05) is 0 Å². The minimum absolute atomic E-state index is 0.103. The standard InChI is InChI=1S/C8H10O9S2/c9-7-16-6(5-1-15-19(11,12)2-5)8(17-7)3-13-18(10)14-4-8/h5-6H,1-4H2. The summed E-state index contributed by atoms with van der Waals surface area (Å²) in [5, 5.41) is 0. The SMILES string of the molecule is O=C1OC(C2COS(=O)(=O)C2)C2(COS(=O)OC2)O1. The quantitative estimate of drug-likeness (QED) is 0.437. The van der Waals surface area contributed by atoms with Crippen LogP contribution in [-0.2, 0) is 43.5 Å². The molecule has 3 fully saturated rings. The molecule has 0 amide bonds. The normalized spacial score (nSPS) is 45.1. The predicted molar refractivity (Wildman–Crippen MR) is 57.4 cm³/mol. The minimum atomic E-state index is -3.60. The smallest absolute Gasteiger partial charge is 0.426 e. The van der Waals surface area contributed by atoms with Gasteiger partial charge in [0, 0.05) is 5.92 Å². The van der Waals surface area contributed by atoms with Crippen LogP contribution in [0.15, 0.2) is 0 Å². The van der Waals surface area contributed by atoms with Gasteiger partial charge in [-0.3, -0.25) is 12.5 Å². The number of carbonyl (C=O) groups is 1. The number of ether oxygens (including phenoxy) is 2. The largest absolute Gasteiger partial charge is 0.509 e. The molecule has 19 heavy (non-hydrogen) atoms. The highest BCUT2D eigenvalue weighted by atomic mass is 32.2. The van der Waals surface area contributed by atoms with Crippen molar-refractivity contribution in [2.24, 2.45) is 5.92 Å². The van der Waals surface area contributed by atoms with Gasteiger partial charge in [-0.25, -0.2) is 4.79 Å². The monoisotopic (exact) mass is 314 g/mol. The third kappa shape index (κ3) is 2.36. The summed E-state index contributed by atoms with van der Waals surface area (Å²) >= 11 is -1.90. The van der Waals surface area contributed by atoms with E-state index < -0.39 is 45.3 Å². The topological polar surface area (TPSA) is 114 Å². The Hall–Kier alpha value is -0.750. The maximum absolute atomic E-state index is 11.3. The van der Waals surface area contributed by atoms with Gasteiger partial charge in [0.2, 0.25) is 5.60 Å². The highest BCUT2D eigenvalue weighted by molar-refractivity contribution is 7.86. The second kappa shape index (κ2) is 4.38. The maximum atomic E-state index is 11.3. The summed E-state index contributed by atoms with van der Waals surface area (Å²) in [4.78, 5) is 11.3. The van der Waals surface area contributed by atoms with Crippen molar-refractivity contribution in [1.82, 2.24) is 0 Å². The summed E-state index contributed by atoms with van der Waals surface area (Å²) < 4.78 is 57.8. The Morgan fingerprint density at radius 1 is 1.26 bits per heavy atom. The van der Waals surface area contributed by atoms with Crippen LogP contribution in [0.25, 0.3) is 0 Å². The molecule has 3 heterocycles. The summed E-state index contributed by atoms with van der Waals surface area (Å²) in [5.41, 5.74) is -1.28. The van der Waals surface area contributed by atoms with Gasteiger partial charge in [0.25, 0.3) is 10.1 Å². The van der Waals surface area contributed by atoms with Crippen molar-refractivity contribution >= 4 is 27.6 Å². The lowest BCUT2D eigenvalue weighted by Crippen LogP contribution is -2.55. The lowest BCUT2D eigenvalue weighted by atomic mass is 9.89. The van der Waals surface area contributed by atoms with E-state index in [0.717, 1.165) is 0 Å². The van der Waals surface area contributed by atoms with Crippen LogP contribution in [0.1, 0.15) is 0 Å². The average molecular weight is 314 g/mol. The molecule has 108 valence electrons. The summed E-state index contributed by atoms with van der Waals surface area (Å²) in [6.07, 6.45) is -1.82. The minimum Gasteiger partial charge on any atom is -0.426 e. The Bertz CT molecular complexity index is 516. The zero-order valence-electron chi connectivity index (χ0n) is 9.47. The van der Waals surface area contributed by atoms with Gasteiger partial charge in [0.05, 0.1) is 12.4 Å². The van der Waals surface area contributed by atoms with Gasteiger partial charge in [0.1, 0.15) is 13.2 Å². The molecule has 11 heteroatoms. The van der Waals surface area contributed by atoms with Crippen molar-refractivity contribution in [3.05, 3.63) is 0 Å². The van der Waals surface area contributed by atoms with Crippen LogP contribution < -0.4 is 0 Å². The molecule has 1 spiro atoms. The number of hydrogen-bond acceptors (Lipinski definition) is 9. The predicted octanol–water partition coefficient (Wildman–Crippen LogP) is -1.14. The first-order valence-corrected chi connectivity index (χ1v) is 7.93. The van der Waals surface area contributed by atoms with Crippen molar-refractivity contribution in [3.63, 3.8) is 0 Å². The Kier molecular flexibility index (Phi) is 3.05. The Morgan fingerprint density at radius 2 is 1.95 bits per heavy atom. The first-order valence-electron chi connectivity index (χ1n) is 5.35. The molecule has 2 unspecified atom stereocenters. The second-order valence-electron chi connectivity index (χ2n) is 4.45. The van der Waals surface area contributed by atoms with Crippen LogP contribution in [0, 0.1) is 5.92 Å². The van der Waals surface area contributed by atoms with Crippen LogP contribution in [0.5, 0.6) is 0 Å². The fourth-order valence-electron chi connectivity index (χ4n) is 2.30. The lowest BCUT2D eigenvalue weighted by molar-refractivity contribution is -0.0794. The molecule has 0 aromatic carbocycles. The third-order valence-electron chi connectivity index (χ3n) is 3.14. The van der Waals surface area contributed by atoms with Gasteiger partial charge >= 0.3 is 17.5 Å². The Labute approximate surface area is 111 Å². The number of hydrogen-bond donors (Lipinski definition) is 0. The number of rotatable bonds is 1. The Morgan fingerprint density at radius 3 is 2.53 bits per heavy atom. The molecule has 0 aromatic heterocycles. The second-order valence-corrected chi connectivity index (χ2v) is 7.02. The Balaban J connectivity index is 1.83. The molecule has 0 bridgehead atoms. The summed E-state index contributed by atoms with van der Waals surface area (Å²) in [5.74, 6) is -0.853. The summed E-state index contributed by atoms with van der Waals surface area (Å²) in [6.45, 7) is -0.479. The van der Waals surface area contributed by atoms with E-state index in [9.17, 15) is 17.4 Å². The van der Waals surface area contributed by atoms with Gasteiger partial charge in [0.15, 0.2) is 6.10 Å². The molecule has 2 atom stereocenters. The van der Waals surface area contributed by atoms with Crippen molar-refractivity contribution in [1.29, 1.82) is 0 Å². The van der Waals surface area contributed by atoms with Crippen molar-refractivity contribution in [2.45, 2.75) is 11.7 Å². The van der Waals surface area contributed by atoms with E-state index in [1.54, 1.807) is 0 Å². The van der Waals surface area contributed by atoms with Crippen molar-refractivity contribution in [3.8, 4) is 0 Å². The van der Waals surface area contributed by atoms with Gasteiger partial charge < -0.3 is 9.47 Å². The third-order valence-corrected chi connectivity index (χ3v) is 5.09. The van der Waals surface area contributed by atoms with E-state index in [-0.39, 0.29) is 25.6 Å². The molecule has 0 saturated carbocycles. The average Bonchev–Trinajstić information content (AvgIpc) is 2.84. The zero-order valence-corrected chi connectivity index (χ0v) is 11.1. The van der Waals surface area contributed by atoms with E-state index in [4.69, 9.17) is 17.8 Å².